The lowest BCUT2D eigenvalue weighted by Crippen LogP contribution is -2.11. The van der Waals surface area contributed by atoms with Crippen LogP contribution in [0.4, 0.5) is 13.2 Å². The third-order valence-corrected chi connectivity index (χ3v) is 2.58. The van der Waals surface area contributed by atoms with E-state index in [0.29, 0.717) is 5.56 Å². The van der Waals surface area contributed by atoms with Crippen molar-refractivity contribution in [1.29, 1.82) is 0 Å². The predicted octanol–water partition coefficient (Wildman–Crippen LogP) is 3.68. The molecular weight excluding hydrogens is 217 g/mol. The Morgan fingerprint density at radius 1 is 1.19 bits per heavy atom. The summed E-state index contributed by atoms with van der Waals surface area (Å²) < 4.78 is 36.1. The van der Waals surface area contributed by atoms with Crippen LogP contribution in [0.15, 0.2) is 18.2 Å². The van der Waals surface area contributed by atoms with Gasteiger partial charge in [-0.15, -0.1) is 0 Å². The molecule has 1 rings (SSSR count). The zero-order chi connectivity index (χ0) is 12.3. The van der Waals surface area contributed by atoms with E-state index in [-0.39, 0.29) is 6.42 Å². The van der Waals surface area contributed by atoms with E-state index in [9.17, 15) is 18.3 Å². The largest absolute Gasteiger partial charge is 0.389 e. The van der Waals surface area contributed by atoms with Crippen molar-refractivity contribution in [2.45, 2.75) is 39.0 Å². The maximum atomic E-state index is 12.0. The molecule has 0 saturated carbocycles. The van der Waals surface area contributed by atoms with E-state index < -0.39 is 18.7 Å². The number of aryl methyl sites for hydroxylation is 2. The van der Waals surface area contributed by atoms with Crippen LogP contribution in [0, 0.1) is 13.8 Å². The van der Waals surface area contributed by atoms with E-state index in [1.165, 1.54) is 0 Å². The summed E-state index contributed by atoms with van der Waals surface area (Å²) in [6.45, 7) is 3.58. The molecule has 0 fully saturated rings. The molecule has 16 heavy (non-hydrogen) atoms. The number of benzene rings is 1. The standard InChI is InChI=1S/C12H15F3O/c1-8-4-3-5-9(2)11(8)10(16)6-7-12(13,14)15/h3-5,10,16H,6-7H2,1-2H3. The first-order valence-corrected chi connectivity index (χ1v) is 5.12. The van der Waals surface area contributed by atoms with Crippen molar-refractivity contribution in [3.05, 3.63) is 34.9 Å². The van der Waals surface area contributed by atoms with Crippen LogP contribution in [0.5, 0.6) is 0 Å². The van der Waals surface area contributed by atoms with E-state index >= 15 is 0 Å². The van der Waals surface area contributed by atoms with Gasteiger partial charge in [0.25, 0.3) is 0 Å². The Hall–Kier alpha value is -1.03. The van der Waals surface area contributed by atoms with E-state index in [1.54, 1.807) is 26.0 Å². The quantitative estimate of drug-likeness (QED) is 0.842. The minimum Gasteiger partial charge on any atom is -0.388 e. The van der Waals surface area contributed by atoms with Gasteiger partial charge in [0.05, 0.1) is 6.10 Å². The summed E-state index contributed by atoms with van der Waals surface area (Å²) in [6.07, 6.45) is -6.49. The van der Waals surface area contributed by atoms with Gasteiger partial charge in [-0.05, 0) is 37.0 Å². The van der Waals surface area contributed by atoms with Gasteiger partial charge in [-0.1, -0.05) is 18.2 Å². The third-order valence-electron chi connectivity index (χ3n) is 2.58. The number of hydrogen-bond donors (Lipinski definition) is 1. The molecule has 0 amide bonds. The predicted molar refractivity (Wildman–Crippen MR) is 56.2 cm³/mol. The Bertz CT molecular complexity index is 338. The number of rotatable bonds is 3. The highest BCUT2D eigenvalue weighted by Crippen LogP contribution is 2.30. The first-order valence-electron chi connectivity index (χ1n) is 5.12. The van der Waals surface area contributed by atoms with Crippen LogP contribution in [-0.4, -0.2) is 11.3 Å². The normalized spacial score (nSPS) is 13.9. The number of aliphatic hydroxyl groups excluding tert-OH is 1. The molecule has 0 spiro atoms. The van der Waals surface area contributed by atoms with Crippen LogP contribution < -0.4 is 0 Å². The summed E-state index contributed by atoms with van der Waals surface area (Å²) in [5.41, 5.74) is 2.27. The van der Waals surface area contributed by atoms with Crippen LogP contribution >= 0.6 is 0 Å². The number of aliphatic hydroxyl groups is 1. The van der Waals surface area contributed by atoms with Gasteiger partial charge in [-0.3, -0.25) is 0 Å². The van der Waals surface area contributed by atoms with E-state index in [1.807, 2.05) is 6.07 Å². The first-order chi connectivity index (χ1) is 7.31. The SMILES string of the molecule is Cc1cccc(C)c1C(O)CCC(F)(F)F. The number of hydrogen-bond acceptors (Lipinski definition) is 1. The van der Waals surface area contributed by atoms with Crippen LogP contribution in [0.1, 0.15) is 35.6 Å². The molecule has 0 aromatic heterocycles. The lowest BCUT2D eigenvalue weighted by Gasteiger charge is -2.17. The van der Waals surface area contributed by atoms with Crippen molar-refractivity contribution >= 4 is 0 Å². The highest BCUT2D eigenvalue weighted by Gasteiger charge is 2.28. The molecule has 0 aliphatic rings. The minimum absolute atomic E-state index is 0.283. The monoisotopic (exact) mass is 232 g/mol. The van der Waals surface area contributed by atoms with Gasteiger partial charge in [0.2, 0.25) is 0 Å². The average Bonchev–Trinajstić information content (AvgIpc) is 2.13. The lowest BCUT2D eigenvalue weighted by atomic mass is 9.95. The first kappa shape index (κ1) is 13.0. The van der Waals surface area contributed by atoms with Crippen LogP contribution in [0.3, 0.4) is 0 Å². The maximum absolute atomic E-state index is 12.0. The molecule has 1 aromatic carbocycles. The summed E-state index contributed by atoms with van der Waals surface area (Å²) in [5.74, 6) is 0. The van der Waals surface area contributed by atoms with Gasteiger partial charge in [-0.25, -0.2) is 0 Å². The molecule has 0 saturated heterocycles. The molecule has 0 bridgehead atoms. The van der Waals surface area contributed by atoms with Crippen molar-refractivity contribution in [2.75, 3.05) is 0 Å². The van der Waals surface area contributed by atoms with Crippen molar-refractivity contribution in [3.8, 4) is 0 Å². The topological polar surface area (TPSA) is 20.2 Å². The fourth-order valence-corrected chi connectivity index (χ4v) is 1.80. The summed E-state index contributed by atoms with van der Waals surface area (Å²) in [5, 5.41) is 9.75. The van der Waals surface area contributed by atoms with Crippen molar-refractivity contribution in [3.63, 3.8) is 0 Å². The van der Waals surface area contributed by atoms with Gasteiger partial charge in [0.15, 0.2) is 0 Å². The molecular formula is C12H15F3O. The van der Waals surface area contributed by atoms with Crippen LogP contribution in [0.2, 0.25) is 0 Å². The van der Waals surface area contributed by atoms with Crippen molar-refractivity contribution in [1.82, 2.24) is 0 Å². The second kappa shape index (κ2) is 4.87. The molecule has 1 N–H and O–H groups in total. The fraction of sp³-hybridized carbons (Fsp3) is 0.500. The van der Waals surface area contributed by atoms with E-state index in [0.717, 1.165) is 11.1 Å². The Morgan fingerprint density at radius 3 is 2.12 bits per heavy atom. The Balaban J connectivity index is 2.77. The smallest absolute Gasteiger partial charge is 0.388 e. The molecule has 0 aliphatic carbocycles. The Kier molecular flexibility index (Phi) is 3.97. The van der Waals surface area contributed by atoms with Crippen LogP contribution in [-0.2, 0) is 0 Å². The summed E-state index contributed by atoms with van der Waals surface area (Å²) in [4.78, 5) is 0. The van der Waals surface area contributed by atoms with Gasteiger partial charge < -0.3 is 5.11 Å². The molecule has 1 atom stereocenters. The highest BCUT2D eigenvalue weighted by molar-refractivity contribution is 5.35. The van der Waals surface area contributed by atoms with Gasteiger partial charge >= 0.3 is 6.18 Å². The third kappa shape index (κ3) is 3.52. The summed E-state index contributed by atoms with van der Waals surface area (Å²) in [6, 6.07) is 5.41. The van der Waals surface area contributed by atoms with Crippen molar-refractivity contribution in [2.24, 2.45) is 0 Å². The van der Waals surface area contributed by atoms with Gasteiger partial charge in [0, 0.05) is 6.42 Å². The second-order valence-electron chi connectivity index (χ2n) is 3.98. The van der Waals surface area contributed by atoms with Crippen molar-refractivity contribution < 1.29 is 18.3 Å². The molecule has 0 heterocycles. The highest BCUT2D eigenvalue weighted by atomic mass is 19.4. The molecule has 90 valence electrons. The Morgan fingerprint density at radius 2 is 1.69 bits per heavy atom. The molecule has 1 unspecified atom stereocenters. The number of alkyl halides is 3. The zero-order valence-electron chi connectivity index (χ0n) is 9.30. The molecule has 0 radical (unpaired) electrons. The van der Waals surface area contributed by atoms with E-state index in [4.69, 9.17) is 0 Å². The summed E-state index contributed by atoms with van der Waals surface area (Å²) in [7, 11) is 0. The molecule has 0 aliphatic heterocycles. The maximum Gasteiger partial charge on any atom is 0.389 e. The average molecular weight is 232 g/mol. The lowest BCUT2D eigenvalue weighted by molar-refractivity contribution is -0.140. The molecule has 1 aromatic rings. The summed E-state index contributed by atoms with van der Waals surface area (Å²) >= 11 is 0. The minimum atomic E-state index is -4.21. The van der Waals surface area contributed by atoms with Gasteiger partial charge in [0.1, 0.15) is 0 Å². The Labute approximate surface area is 92.9 Å². The molecule has 4 heteroatoms. The van der Waals surface area contributed by atoms with Crippen LogP contribution in [0.25, 0.3) is 0 Å². The van der Waals surface area contributed by atoms with E-state index in [2.05, 4.69) is 0 Å². The zero-order valence-corrected chi connectivity index (χ0v) is 9.30. The fourth-order valence-electron chi connectivity index (χ4n) is 1.80. The van der Waals surface area contributed by atoms with Gasteiger partial charge in [-0.2, -0.15) is 13.2 Å². The molecule has 1 nitrogen and oxygen atoms in total. The number of halogens is 3. The second-order valence-corrected chi connectivity index (χ2v) is 3.98.